The van der Waals surface area contributed by atoms with Crippen LogP contribution in [-0.4, -0.2) is 45.6 Å². The van der Waals surface area contributed by atoms with Gasteiger partial charge in [0.25, 0.3) is 5.69 Å². The molecule has 0 atom stereocenters. The molecule has 29 heavy (non-hydrogen) atoms. The molecular formula is C18H17N5O5S. The van der Waals surface area contributed by atoms with Crippen LogP contribution in [0.3, 0.4) is 0 Å². The van der Waals surface area contributed by atoms with Crippen LogP contribution in [0.5, 0.6) is 11.5 Å². The van der Waals surface area contributed by atoms with Crippen molar-refractivity contribution in [3.63, 3.8) is 0 Å². The van der Waals surface area contributed by atoms with Crippen molar-refractivity contribution in [1.82, 2.24) is 14.8 Å². The van der Waals surface area contributed by atoms with Crippen LogP contribution in [0.25, 0.3) is 5.69 Å². The van der Waals surface area contributed by atoms with Gasteiger partial charge in [-0.05, 0) is 18.2 Å². The van der Waals surface area contributed by atoms with Crippen LogP contribution in [0.4, 0.5) is 11.4 Å². The average molecular weight is 415 g/mol. The molecule has 1 heterocycles. The van der Waals surface area contributed by atoms with Crippen LogP contribution in [0.2, 0.25) is 0 Å². The number of thioether (sulfide) groups is 1. The monoisotopic (exact) mass is 415 g/mol. The molecule has 1 aromatic heterocycles. The van der Waals surface area contributed by atoms with E-state index >= 15 is 0 Å². The number of rotatable bonds is 8. The highest BCUT2D eigenvalue weighted by Gasteiger charge is 2.15. The molecule has 2 aromatic carbocycles. The summed E-state index contributed by atoms with van der Waals surface area (Å²) in [7, 11) is 2.96. The number of nitrogens with one attached hydrogen (secondary N) is 1. The number of aromatic nitrogens is 3. The Morgan fingerprint density at radius 2 is 2.07 bits per heavy atom. The molecule has 0 aliphatic carbocycles. The Labute approximate surface area is 170 Å². The van der Waals surface area contributed by atoms with Gasteiger partial charge in [-0.15, -0.1) is 10.2 Å². The number of anilines is 1. The number of ether oxygens (including phenoxy) is 2. The third-order valence-corrected chi connectivity index (χ3v) is 4.79. The van der Waals surface area contributed by atoms with Gasteiger partial charge >= 0.3 is 0 Å². The van der Waals surface area contributed by atoms with E-state index in [1.807, 2.05) is 24.3 Å². The van der Waals surface area contributed by atoms with Crippen LogP contribution in [0.15, 0.2) is 53.9 Å². The highest BCUT2D eigenvalue weighted by molar-refractivity contribution is 7.99. The SMILES string of the molecule is COc1cccc(-n2cnnc2SCC(=O)Nc2ccc([N+](=O)[O-])cc2OC)c1. The van der Waals surface area contributed by atoms with E-state index in [1.54, 1.807) is 18.0 Å². The van der Waals surface area contributed by atoms with Crippen molar-refractivity contribution < 1.29 is 19.2 Å². The van der Waals surface area contributed by atoms with E-state index in [9.17, 15) is 14.9 Å². The maximum Gasteiger partial charge on any atom is 0.273 e. The van der Waals surface area contributed by atoms with E-state index in [-0.39, 0.29) is 23.1 Å². The quantitative estimate of drug-likeness (QED) is 0.339. The van der Waals surface area contributed by atoms with Gasteiger partial charge in [0, 0.05) is 12.1 Å². The highest BCUT2D eigenvalue weighted by atomic mass is 32.2. The molecule has 0 unspecified atom stereocenters. The number of carbonyl (C=O) groups is 1. The standard InChI is InChI=1S/C18H17N5O5S/c1-27-14-5-3-4-12(8-14)22-11-19-21-18(22)29-10-17(24)20-15-7-6-13(23(25)26)9-16(15)28-2/h3-9,11H,10H2,1-2H3,(H,20,24). The Kier molecular flexibility index (Phi) is 6.29. The first kappa shape index (κ1) is 20.1. The second-order valence-corrected chi connectivity index (χ2v) is 6.61. The lowest BCUT2D eigenvalue weighted by Gasteiger charge is -2.10. The fourth-order valence-corrected chi connectivity index (χ4v) is 3.20. The van der Waals surface area contributed by atoms with Gasteiger partial charge in [-0.2, -0.15) is 0 Å². The molecule has 0 radical (unpaired) electrons. The van der Waals surface area contributed by atoms with E-state index in [2.05, 4.69) is 15.5 Å². The highest BCUT2D eigenvalue weighted by Crippen LogP contribution is 2.29. The van der Waals surface area contributed by atoms with Gasteiger partial charge < -0.3 is 14.8 Å². The number of carbonyl (C=O) groups excluding carboxylic acids is 1. The first-order valence-electron chi connectivity index (χ1n) is 8.31. The summed E-state index contributed by atoms with van der Waals surface area (Å²) in [5, 5.41) is 22.0. The summed E-state index contributed by atoms with van der Waals surface area (Å²) in [4.78, 5) is 22.7. The van der Waals surface area contributed by atoms with Gasteiger partial charge in [0.05, 0.1) is 42.3 Å². The molecule has 0 fully saturated rings. The third-order valence-electron chi connectivity index (χ3n) is 3.85. The van der Waals surface area contributed by atoms with Crippen molar-refractivity contribution in [3.05, 3.63) is 58.9 Å². The van der Waals surface area contributed by atoms with E-state index in [4.69, 9.17) is 9.47 Å². The van der Waals surface area contributed by atoms with E-state index < -0.39 is 4.92 Å². The van der Waals surface area contributed by atoms with Gasteiger partial charge in [-0.1, -0.05) is 17.8 Å². The first-order valence-corrected chi connectivity index (χ1v) is 9.30. The van der Waals surface area contributed by atoms with Crippen molar-refractivity contribution in [2.45, 2.75) is 5.16 Å². The predicted octanol–water partition coefficient (Wildman–Crippen LogP) is 2.92. The smallest absolute Gasteiger partial charge is 0.273 e. The molecule has 0 aliphatic heterocycles. The topological polar surface area (TPSA) is 121 Å². The number of benzene rings is 2. The Bertz CT molecular complexity index is 1040. The van der Waals surface area contributed by atoms with Gasteiger partial charge in [0.15, 0.2) is 5.16 Å². The molecule has 0 saturated heterocycles. The van der Waals surface area contributed by atoms with Crippen molar-refractivity contribution in [2.75, 3.05) is 25.3 Å². The fourth-order valence-electron chi connectivity index (χ4n) is 2.47. The summed E-state index contributed by atoms with van der Waals surface area (Å²) in [5.41, 5.74) is 1.02. The summed E-state index contributed by atoms with van der Waals surface area (Å²) < 4.78 is 12.1. The lowest BCUT2D eigenvalue weighted by atomic mass is 10.2. The molecule has 0 bridgehead atoms. The van der Waals surface area contributed by atoms with Crippen LogP contribution < -0.4 is 14.8 Å². The second-order valence-electron chi connectivity index (χ2n) is 5.66. The molecule has 1 N–H and O–H groups in total. The molecule has 150 valence electrons. The van der Waals surface area contributed by atoms with E-state index in [1.165, 1.54) is 37.1 Å². The van der Waals surface area contributed by atoms with Crippen molar-refractivity contribution in [1.29, 1.82) is 0 Å². The predicted molar refractivity (Wildman–Crippen MR) is 107 cm³/mol. The molecule has 1 amide bonds. The number of amides is 1. The Hall–Kier alpha value is -3.60. The Balaban J connectivity index is 1.68. The number of methoxy groups -OCH3 is 2. The first-order chi connectivity index (χ1) is 14.0. The molecular weight excluding hydrogens is 398 g/mol. The number of hydrogen-bond donors (Lipinski definition) is 1. The van der Waals surface area contributed by atoms with Crippen molar-refractivity contribution in [3.8, 4) is 17.2 Å². The summed E-state index contributed by atoms with van der Waals surface area (Å²) >= 11 is 1.20. The van der Waals surface area contributed by atoms with Crippen molar-refractivity contribution in [2.24, 2.45) is 0 Å². The lowest BCUT2D eigenvalue weighted by molar-refractivity contribution is -0.384. The van der Waals surface area contributed by atoms with Crippen LogP contribution in [0.1, 0.15) is 0 Å². The number of nitro benzene ring substituents is 1. The molecule has 3 aromatic rings. The number of nitro groups is 1. The van der Waals surface area contributed by atoms with Crippen LogP contribution in [-0.2, 0) is 4.79 Å². The zero-order chi connectivity index (χ0) is 20.8. The summed E-state index contributed by atoms with van der Waals surface area (Å²) in [6, 6.07) is 11.3. The third kappa shape index (κ3) is 4.82. The Morgan fingerprint density at radius 3 is 2.79 bits per heavy atom. The molecule has 0 saturated carbocycles. The largest absolute Gasteiger partial charge is 0.497 e. The van der Waals surface area contributed by atoms with Crippen molar-refractivity contribution >= 4 is 29.0 Å². The van der Waals surface area contributed by atoms with Gasteiger partial charge in [-0.25, -0.2) is 0 Å². The molecule has 10 nitrogen and oxygen atoms in total. The second kappa shape index (κ2) is 9.06. The Morgan fingerprint density at radius 1 is 1.24 bits per heavy atom. The van der Waals surface area contributed by atoms with Crippen LogP contribution in [0, 0.1) is 10.1 Å². The summed E-state index contributed by atoms with van der Waals surface area (Å²) in [5.74, 6) is 0.637. The van der Waals surface area contributed by atoms with Gasteiger partial charge in [0.1, 0.15) is 17.8 Å². The number of hydrogen-bond acceptors (Lipinski definition) is 8. The van der Waals surface area contributed by atoms with E-state index in [0.29, 0.717) is 16.6 Å². The van der Waals surface area contributed by atoms with E-state index in [0.717, 1.165) is 5.69 Å². The zero-order valence-corrected chi connectivity index (χ0v) is 16.4. The van der Waals surface area contributed by atoms with Crippen LogP contribution >= 0.6 is 11.8 Å². The molecule has 0 spiro atoms. The maximum atomic E-state index is 12.3. The molecule has 0 aliphatic rings. The maximum absolute atomic E-state index is 12.3. The average Bonchev–Trinajstić information content (AvgIpc) is 3.21. The van der Waals surface area contributed by atoms with Gasteiger partial charge in [-0.3, -0.25) is 19.5 Å². The van der Waals surface area contributed by atoms with Gasteiger partial charge in [0.2, 0.25) is 5.91 Å². The minimum atomic E-state index is -0.532. The lowest BCUT2D eigenvalue weighted by Crippen LogP contribution is -2.15. The normalized spacial score (nSPS) is 10.4. The molecule has 11 heteroatoms. The fraction of sp³-hybridized carbons (Fsp3) is 0.167. The number of non-ortho nitro benzene ring substituents is 1. The minimum Gasteiger partial charge on any atom is -0.497 e. The minimum absolute atomic E-state index is 0.0583. The zero-order valence-electron chi connectivity index (χ0n) is 15.6. The number of nitrogens with zero attached hydrogens (tertiary/aromatic N) is 4. The summed E-state index contributed by atoms with van der Waals surface area (Å²) in [6.45, 7) is 0. The molecule has 3 rings (SSSR count). The summed E-state index contributed by atoms with van der Waals surface area (Å²) in [6.07, 6.45) is 1.55.